The minimum absolute atomic E-state index is 0.641. The van der Waals surface area contributed by atoms with Gasteiger partial charge >= 0.3 is 0 Å². The molecule has 1 N–H and O–H groups in total. The van der Waals surface area contributed by atoms with E-state index in [-0.39, 0.29) is 0 Å². The average Bonchev–Trinajstić information content (AvgIpc) is 3.16. The minimum atomic E-state index is 0.641. The number of benzene rings is 1. The number of para-hydroxylation sites is 1. The van der Waals surface area contributed by atoms with Crippen molar-refractivity contribution in [2.45, 2.75) is 6.54 Å². The molecule has 0 unspecified atom stereocenters. The van der Waals surface area contributed by atoms with Gasteiger partial charge in [-0.05, 0) is 18.2 Å². The van der Waals surface area contributed by atoms with Crippen LogP contribution in [-0.4, -0.2) is 19.6 Å². The fraction of sp³-hybridized carbons (Fsp3) is 0.0667. The number of nitrogens with zero attached hydrogens (tertiary/aromatic N) is 4. The largest absolute Gasteiger partial charge is 0.379 e. The van der Waals surface area contributed by atoms with Crippen molar-refractivity contribution >= 4 is 23.5 Å². The smallest absolute Gasteiger partial charge is 0.106 e. The Labute approximate surface area is 127 Å². The summed E-state index contributed by atoms with van der Waals surface area (Å²) in [4.78, 5) is 0. The molecule has 0 bridgehead atoms. The number of hydrogen-bond acceptors (Lipinski definition) is 3. The van der Waals surface area contributed by atoms with Crippen LogP contribution in [0.25, 0.3) is 11.9 Å². The Hall–Kier alpha value is -2.53. The molecule has 106 valence electrons. The number of rotatable bonds is 5. The Balaban J connectivity index is 1.85. The van der Waals surface area contributed by atoms with Gasteiger partial charge in [0.25, 0.3) is 0 Å². The molecule has 0 fully saturated rings. The van der Waals surface area contributed by atoms with Crippen LogP contribution in [0.4, 0.5) is 5.69 Å². The second kappa shape index (κ2) is 5.85. The Bertz CT molecular complexity index is 745. The van der Waals surface area contributed by atoms with Crippen molar-refractivity contribution in [1.82, 2.24) is 19.6 Å². The summed E-state index contributed by atoms with van der Waals surface area (Å²) in [6.07, 6.45) is 8.95. The van der Waals surface area contributed by atoms with Gasteiger partial charge < -0.3 is 5.32 Å². The number of aromatic nitrogens is 4. The third-order valence-corrected chi connectivity index (χ3v) is 3.35. The Kier molecular flexibility index (Phi) is 3.75. The van der Waals surface area contributed by atoms with Crippen molar-refractivity contribution in [2.75, 3.05) is 5.32 Å². The monoisotopic (exact) mass is 299 g/mol. The van der Waals surface area contributed by atoms with Crippen molar-refractivity contribution in [1.29, 1.82) is 0 Å². The Morgan fingerprint density at radius 2 is 2.19 bits per heavy atom. The van der Waals surface area contributed by atoms with E-state index in [0.717, 1.165) is 16.9 Å². The molecule has 0 aliphatic rings. The molecule has 0 saturated carbocycles. The van der Waals surface area contributed by atoms with Crippen LogP contribution in [0.5, 0.6) is 0 Å². The second-order valence-electron chi connectivity index (χ2n) is 4.45. The molecule has 2 heterocycles. The van der Waals surface area contributed by atoms with E-state index in [1.807, 2.05) is 36.7 Å². The van der Waals surface area contributed by atoms with Gasteiger partial charge in [-0.25, -0.2) is 9.36 Å². The maximum atomic E-state index is 6.30. The summed E-state index contributed by atoms with van der Waals surface area (Å²) < 4.78 is 3.42. The van der Waals surface area contributed by atoms with Crippen LogP contribution in [-0.2, 0) is 6.54 Å². The van der Waals surface area contributed by atoms with E-state index in [0.29, 0.717) is 11.6 Å². The maximum absolute atomic E-state index is 6.30. The molecular formula is C15H14ClN5. The second-order valence-corrected chi connectivity index (χ2v) is 4.86. The fourth-order valence-electron chi connectivity index (χ4n) is 2.06. The van der Waals surface area contributed by atoms with Crippen LogP contribution in [0, 0.1) is 0 Å². The van der Waals surface area contributed by atoms with Gasteiger partial charge in [-0.2, -0.15) is 10.2 Å². The van der Waals surface area contributed by atoms with E-state index in [1.165, 1.54) is 0 Å². The van der Waals surface area contributed by atoms with Gasteiger partial charge in [0, 0.05) is 36.9 Å². The van der Waals surface area contributed by atoms with Crippen LogP contribution in [0.15, 0.2) is 55.6 Å². The van der Waals surface area contributed by atoms with E-state index in [2.05, 4.69) is 22.1 Å². The van der Waals surface area contributed by atoms with E-state index in [1.54, 1.807) is 28.0 Å². The molecule has 2 aromatic heterocycles. The predicted molar refractivity (Wildman–Crippen MR) is 84.5 cm³/mol. The molecule has 0 radical (unpaired) electrons. The molecule has 0 spiro atoms. The van der Waals surface area contributed by atoms with Crippen molar-refractivity contribution in [3.8, 4) is 5.69 Å². The molecule has 0 aliphatic heterocycles. The predicted octanol–water partition coefficient (Wildman–Crippen LogP) is 3.43. The van der Waals surface area contributed by atoms with E-state index >= 15 is 0 Å². The van der Waals surface area contributed by atoms with Crippen molar-refractivity contribution < 1.29 is 0 Å². The van der Waals surface area contributed by atoms with Crippen LogP contribution in [0.1, 0.15) is 5.56 Å². The number of halogens is 1. The quantitative estimate of drug-likeness (QED) is 0.785. The van der Waals surface area contributed by atoms with Crippen molar-refractivity contribution in [3.63, 3.8) is 0 Å². The first-order chi connectivity index (χ1) is 10.3. The first-order valence-electron chi connectivity index (χ1n) is 6.46. The summed E-state index contributed by atoms with van der Waals surface area (Å²) in [7, 11) is 0. The summed E-state index contributed by atoms with van der Waals surface area (Å²) >= 11 is 6.30. The molecule has 6 heteroatoms. The van der Waals surface area contributed by atoms with Gasteiger partial charge in [0.1, 0.15) is 5.69 Å². The zero-order chi connectivity index (χ0) is 14.7. The fourth-order valence-corrected chi connectivity index (χ4v) is 2.32. The molecule has 3 rings (SSSR count). The van der Waals surface area contributed by atoms with Gasteiger partial charge in [0.2, 0.25) is 0 Å². The molecule has 21 heavy (non-hydrogen) atoms. The SMILES string of the molecule is C=Cn1cc(CNc2cccc(Cl)c2-n2cccn2)cn1. The maximum Gasteiger partial charge on any atom is 0.106 e. The highest BCUT2D eigenvalue weighted by atomic mass is 35.5. The minimum Gasteiger partial charge on any atom is -0.379 e. The molecular weight excluding hydrogens is 286 g/mol. The Morgan fingerprint density at radius 1 is 1.29 bits per heavy atom. The first-order valence-corrected chi connectivity index (χ1v) is 6.83. The molecule has 5 nitrogen and oxygen atoms in total. The highest BCUT2D eigenvalue weighted by Crippen LogP contribution is 2.28. The normalized spacial score (nSPS) is 10.5. The molecule has 0 amide bonds. The van der Waals surface area contributed by atoms with E-state index < -0.39 is 0 Å². The van der Waals surface area contributed by atoms with Crippen LogP contribution < -0.4 is 5.32 Å². The van der Waals surface area contributed by atoms with Gasteiger partial charge in [-0.3, -0.25) is 0 Å². The van der Waals surface area contributed by atoms with Crippen LogP contribution in [0.2, 0.25) is 5.02 Å². The molecule has 0 saturated heterocycles. The van der Waals surface area contributed by atoms with Gasteiger partial charge in [0.15, 0.2) is 0 Å². The van der Waals surface area contributed by atoms with Crippen LogP contribution in [0.3, 0.4) is 0 Å². The topological polar surface area (TPSA) is 47.7 Å². The van der Waals surface area contributed by atoms with Crippen LogP contribution >= 0.6 is 11.6 Å². The van der Waals surface area contributed by atoms with Gasteiger partial charge in [-0.1, -0.05) is 24.2 Å². The van der Waals surface area contributed by atoms with Crippen molar-refractivity contribution in [2.24, 2.45) is 0 Å². The van der Waals surface area contributed by atoms with E-state index in [4.69, 9.17) is 11.6 Å². The zero-order valence-electron chi connectivity index (χ0n) is 11.3. The zero-order valence-corrected chi connectivity index (χ0v) is 12.0. The Morgan fingerprint density at radius 3 is 2.90 bits per heavy atom. The first kappa shape index (κ1) is 13.5. The number of anilines is 1. The lowest BCUT2D eigenvalue weighted by atomic mass is 10.2. The molecule has 0 atom stereocenters. The van der Waals surface area contributed by atoms with E-state index in [9.17, 15) is 0 Å². The lowest BCUT2D eigenvalue weighted by molar-refractivity contribution is 0.879. The highest BCUT2D eigenvalue weighted by molar-refractivity contribution is 6.33. The standard InChI is InChI=1S/C15H14ClN5/c1-2-20-11-12(10-19-20)9-17-14-6-3-5-13(16)15(14)21-8-4-7-18-21/h2-8,10-11,17H,1,9H2. The van der Waals surface area contributed by atoms with Crippen molar-refractivity contribution in [3.05, 3.63) is 66.2 Å². The molecule has 1 aromatic carbocycles. The van der Waals surface area contributed by atoms with Gasteiger partial charge in [0.05, 0.1) is 16.9 Å². The third kappa shape index (κ3) is 2.83. The highest BCUT2D eigenvalue weighted by Gasteiger charge is 2.09. The summed E-state index contributed by atoms with van der Waals surface area (Å²) in [5.41, 5.74) is 2.80. The summed E-state index contributed by atoms with van der Waals surface area (Å²) in [5, 5.41) is 12.4. The lowest BCUT2D eigenvalue weighted by Gasteiger charge is -2.13. The van der Waals surface area contributed by atoms with Gasteiger partial charge in [-0.15, -0.1) is 0 Å². The summed E-state index contributed by atoms with van der Waals surface area (Å²) in [5.74, 6) is 0. The number of nitrogens with one attached hydrogen (secondary N) is 1. The molecule has 3 aromatic rings. The summed E-state index contributed by atoms with van der Waals surface area (Å²) in [6.45, 7) is 4.31. The lowest BCUT2D eigenvalue weighted by Crippen LogP contribution is -2.05. The summed E-state index contributed by atoms with van der Waals surface area (Å²) in [6, 6.07) is 7.59. The molecule has 0 aliphatic carbocycles. The number of hydrogen-bond donors (Lipinski definition) is 1. The third-order valence-electron chi connectivity index (χ3n) is 3.05. The average molecular weight is 300 g/mol.